The highest BCUT2D eigenvalue weighted by Gasteiger charge is 2.20. The fraction of sp³-hybridized carbons (Fsp3) is 0.280. The monoisotopic (exact) mass is 403 g/mol. The molecule has 2 amide bonds. The fourth-order valence-electron chi connectivity index (χ4n) is 3.45. The molecule has 0 aromatic heterocycles. The summed E-state index contributed by atoms with van der Waals surface area (Å²) in [6.07, 6.45) is 3.15. The van der Waals surface area contributed by atoms with Crippen LogP contribution in [0.25, 0.3) is 10.8 Å². The molecule has 0 aliphatic rings. The Labute approximate surface area is 177 Å². The van der Waals surface area contributed by atoms with E-state index >= 15 is 0 Å². The third kappa shape index (κ3) is 6.42. The van der Waals surface area contributed by atoms with Crippen molar-refractivity contribution in [3.63, 3.8) is 0 Å². The first-order valence-electron chi connectivity index (χ1n) is 10.5. The minimum Gasteiger partial charge on any atom is -0.344 e. The van der Waals surface area contributed by atoms with Gasteiger partial charge in [-0.25, -0.2) is 0 Å². The largest absolute Gasteiger partial charge is 0.344 e. The van der Waals surface area contributed by atoms with Crippen LogP contribution in [0.1, 0.15) is 31.2 Å². The van der Waals surface area contributed by atoms with Crippen LogP contribution in [0.4, 0.5) is 5.69 Å². The number of carbonyl (C=O) groups excluding carboxylic acids is 2. The molecule has 0 aliphatic carbocycles. The lowest BCUT2D eigenvalue weighted by Gasteiger charge is -2.18. The Balaban J connectivity index is 1.56. The molecule has 0 heterocycles. The van der Waals surface area contributed by atoms with E-state index in [-0.39, 0.29) is 11.8 Å². The van der Waals surface area contributed by atoms with Crippen molar-refractivity contribution in [1.29, 1.82) is 0 Å². The lowest BCUT2D eigenvalue weighted by atomic mass is 10.1. The number of hydrogen-bond acceptors (Lipinski definition) is 3. The predicted octanol–water partition coefficient (Wildman–Crippen LogP) is 4.02. The first-order valence-corrected chi connectivity index (χ1v) is 10.5. The Morgan fingerprint density at radius 3 is 2.37 bits per heavy atom. The van der Waals surface area contributed by atoms with Gasteiger partial charge in [-0.3, -0.25) is 9.59 Å². The molecule has 0 bridgehead atoms. The first kappa shape index (κ1) is 21.5. The molecule has 0 fully saturated rings. The maximum absolute atomic E-state index is 12.8. The van der Waals surface area contributed by atoms with Crippen LogP contribution in [0.2, 0.25) is 0 Å². The molecule has 3 aromatic rings. The molecule has 4 N–H and O–H groups in total. The van der Waals surface area contributed by atoms with Gasteiger partial charge in [-0.15, -0.1) is 0 Å². The summed E-state index contributed by atoms with van der Waals surface area (Å²) in [5.74, 6) is -0.322. The molecule has 0 saturated heterocycles. The third-order valence-corrected chi connectivity index (χ3v) is 5.08. The van der Waals surface area contributed by atoms with Gasteiger partial charge in [-0.1, -0.05) is 60.7 Å². The zero-order valence-electron chi connectivity index (χ0n) is 17.1. The molecule has 0 spiro atoms. The Hall–Kier alpha value is -3.18. The maximum Gasteiger partial charge on any atom is 0.246 e. The molecule has 0 unspecified atom stereocenters. The lowest BCUT2D eigenvalue weighted by molar-refractivity contribution is -0.126. The number of anilines is 1. The lowest BCUT2D eigenvalue weighted by Crippen LogP contribution is -2.44. The average molecular weight is 404 g/mol. The number of amides is 2. The second kappa shape index (κ2) is 11.1. The summed E-state index contributed by atoms with van der Waals surface area (Å²) >= 11 is 0. The molecule has 0 saturated carbocycles. The van der Waals surface area contributed by atoms with E-state index in [2.05, 4.69) is 22.8 Å². The predicted molar refractivity (Wildman–Crippen MR) is 122 cm³/mol. The van der Waals surface area contributed by atoms with Crippen LogP contribution in [0, 0.1) is 0 Å². The van der Waals surface area contributed by atoms with Crippen molar-refractivity contribution in [2.24, 2.45) is 5.73 Å². The molecular formula is C25H29N3O2. The molecule has 3 rings (SSSR count). The van der Waals surface area contributed by atoms with E-state index in [1.165, 1.54) is 5.56 Å². The number of nitrogens with one attached hydrogen (secondary N) is 2. The Morgan fingerprint density at radius 1 is 0.867 bits per heavy atom. The average Bonchev–Trinajstić information content (AvgIpc) is 2.77. The van der Waals surface area contributed by atoms with Crippen molar-refractivity contribution in [3.05, 3.63) is 78.4 Å². The van der Waals surface area contributed by atoms with Crippen molar-refractivity contribution in [2.45, 2.75) is 38.1 Å². The van der Waals surface area contributed by atoms with Crippen LogP contribution in [0.5, 0.6) is 0 Å². The van der Waals surface area contributed by atoms with Gasteiger partial charge in [0, 0.05) is 12.1 Å². The van der Waals surface area contributed by atoms with Crippen molar-refractivity contribution < 1.29 is 9.59 Å². The Kier molecular flexibility index (Phi) is 7.98. The van der Waals surface area contributed by atoms with Gasteiger partial charge >= 0.3 is 0 Å². The van der Waals surface area contributed by atoms with E-state index in [1.807, 2.05) is 60.7 Å². The van der Waals surface area contributed by atoms with Gasteiger partial charge in [0.05, 0.1) is 0 Å². The quantitative estimate of drug-likeness (QED) is 0.478. The minimum absolute atomic E-state index is 0.110. The summed E-state index contributed by atoms with van der Waals surface area (Å²) in [5.41, 5.74) is 7.55. The van der Waals surface area contributed by atoms with E-state index in [4.69, 9.17) is 5.73 Å². The maximum atomic E-state index is 12.8. The summed E-state index contributed by atoms with van der Waals surface area (Å²) in [7, 11) is 0. The molecule has 5 heteroatoms. The number of benzene rings is 3. The molecule has 0 radical (unpaired) electrons. The summed E-state index contributed by atoms with van der Waals surface area (Å²) in [6.45, 7) is 0.476. The number of carbonyl (C=O) groups is 2. The van der Waals surface area contributed by atoms with Gasteiger partial charge in [-0.2, -0.15) is 0 Å². The number of aryl methyl sites for hydroxylation is 1. The van der Waals surface area contributed by atoms with Gasteiger partial charge in [0.2, 0.25) is 11.8 Å². The number of nitrogens with two attached hydrogens (primary N) is 1. The molecule has 30 heavy (non-hydrogen) atoms. The normalized spacial score (nSPS) is 11.8. The molecule has 1 atom stereocenters. The zero-order chi connectivity index (χ0) is 21.2. The Bertz CT molecular complexity index is 972. The Morgan fingerprint density at radius 2 is 1.60 bits per heavy atom. The SMILES string of the molecule is NCCC[C@H](NC(=O)CCCc1ccccc1)C(=O)Nc1ccc2ccccc2c1. The van der Waals surface area contributed by atoms with E-state index in [1.54, 1.807) is 0 Å². The van der Waals surface area contributed by atoms with E-state index in [9.17, 15) is 9.59 Å². The second-order valence-electron chi connectivity index (χ2n) is 7.44. The van der Waals surface area contributed by atoms with Crippen LogP contribution in [0.15, 0.2) is 72.8 Å². The molecule has 3 aromatic carbocycles. The summed E-state index contributed by atoms with van der Waals surface area (Å²) < 4.78 is 0. The standard InChI is InChI=1S/C25H29N3O2/c26-17-7-13-23(28-24(29)14-6-10-19-8-2-1-3-9-19)25(30)27-22-16-15-20-11-4-5-12-21(20)18-22/h1-5,8-9,11-12,15-16,18,23H,6-7,10,13-14,17,26H2,(H,27,30)(H,28,29)/t23-/m0/s1. The van der Waals surface area contributed by atoms with Crippen LogP contribution >= 0.6 is 0 Å². The van der Waals surface area contributed by atoms with Crippen molar-refractivity contribution in [3.8, 4) is 0 Å². The van der Waals surface area contributed by atoms with Gasteiger partial charge in [0.15, 0.2) is 0 Å². The highest BCUT2D eigenvalue weighted by Crippen LogP contribution is 2.19. The highest BCUT2D eigenvalue weighted by atomic mass is 16.2. The second-order valence-corrected chi connectivity index (χ2v) is 7.44. The van der Waals surface area contributed by atoms with Gasteiger partial charge in [-0.05, 0) is 60.7 Å². The number of rotatable bonds is 10. The molecule has 5 nitrogen and oxygen atoms in total. The topological polar surface area (TPSA) is 84.2 Å². The van der Waals surface area contributed by atoms with Crippen molar-refractivity contribution in [2.75, 3.05) is 11.9 Å². The van der Waals surface area contributed by atoms with E-state index in [0.717, 1.165) is 29.3 Å². The van der Waals surface area contributed by atoms with Crippen molar-refractivity contribution in [1.82, 2.24) is 5.32 Å². The molecule has 156 valence electrons. The van der Waals surface area contributed by atoms with Gasteiger partial charge < -0.3 is 16.4 Å². The van der Waals surface area contributed by atoms with Crippen LogP contribution in [-0.4, -0.2) is 24.4 Å². The fourth-order valence-corrected chi connectivity index (χ4v) is 3.45. The minimum atomic E-state index is -0.593. The van der Waals surface area contributed by atoms with Crippen LogP contribution in [0.3, 0.4) is 0 Å². The number of hydrogen-bond donors (Lipinski definition) is 3. The first-order chi connectivity index (χ1) is 14.7. The molecule has 0 aliphatic heterocycles. The van der Waals surface area contributed by atoms with Gasteiger partial charge in [0.1, 0.15) is 6.04 Å². The highest BCUT2D eigenvalue weighted by molar-refractivity contribution is 5.99. The van der Waals surface area contributed by atoms with Crippen LogP contribution < -0.4 is 16.4 Å². The van der Waals surface area contributed by atoms with Crippen molar-refractivity contribution >= 4 is 28.3 Å². The summed E-state index contributed by atoms with van der Waals surface area (Å²) in [6, 6.07) is 23.3. The number of fused-ring (bicyclic) bond motifs is 1. The van der Waals surface area contributed by atoms with E-state index in [0.29, 0.717) is 25.8 Å². The molecular weight excluding hydrogens is 374 g/mol. The summed E-state index contributed by atoms with van der Waals surface area (Å²) in [4.78, 5) is 25.2. The summed E-state index contributed by atoms with van der Waals surface area (Å²) in [5, 5.41) is 7.99. The van der Waals surface area contributed by atoms with E-state index < -0.39 is 6.04 Å². The van der Waals surface area contributed by atoms with Crippen LogP contribution in [-0.2, 0) is 16.0 Å². The smallest absolute Gasteiger partial charge is 0.246 e. The zero-order valence-corrected chi connectivity index (χ0v) is 17.1. The third-order valence-electron chi connectivity index (χ3n) is 5.08. The van der Waals surface area contributed by atoms with Gasteiger partial charge in [0.25, 0.3) is 0 Å².